The fourth-order valence-corrected chi connectivity index (χ4v) is 3.77. The summed E-state index contributed by atoms with van der Waals surface area (Å²) in [5, 5.41) is 11.5. The van der Waals surface area contributed by atoms with Gasteiger partial charge in [-0.15, -0.1) is 0 Å². The van der Waals surface area contributed by atoms with Crippen LogP contribution in [0.2, 0.25) is 5.32 Å². The van der Waals surface area contributed by atoms with Gasteiger partial charge in [-0.25, -0.2) is 0 Å². The van der Waals surface area contributed by atoms with Crippen LogP contribution >= 0.6 is 0 Å². The zero-order valence-corrected chi connectivity index (χ0v) is 12.6. The second-order valence-electron chi connectivity index (χ2n) is 4.48. The quantitative estimate of drug-likeness (QED) is 0.422. The second kappa shape index (κ2) is 8.31. The first-order valence-electron chi connectivity index (χ1n) is 6.32. The molecule has 0 fully saturated rings. The molecular formula is C16H22OSe. The van der Waals surface area contributed by atoms with Crippen LogP contribution in [0, 0.1) is 0 Å². The Morgan fingerprint density at radius 2 is 1.72 bits per heavy atom. The van der Waals surface area contributed by atoms with Crippen LogP contribution in [0.15, 0.2) is 55.6 Å². The normalized spacial score (nSPS) is 11.2. The van der Waals surface area contributed by atoms with Crippen molar-refractivity contribution in [2.24, 2.45) is 0 Å². The van der Waals surface area contributed by atoms with Gasteiger partial charge in [-0.1, -0.05) is 0 Å². The van der Waals surface area contributed by atoms with Gasteiger partial charge in [0.2, 0.25) is 0 Å². The molecule has 0 atom stereocenters. The van der Waals surface area contributed by atoms with Gasteiger partial charge in [-0.05, 0) is 0 Å². The van der Waals surface area contributed by atoms with E-state index in [0.29, 0.717) is 27.8 Å². The van der Waals surface area contributed by atoms with E-state index in [4.69, 9.17) is 0 Å². The summed E-state index contributed by atoms with van der Waals surface area (Å²) in [5.74, 6) is 0. The van der Waals surface area contributed by atoms with E-state index in [0.717, 1.165) is 12.8 Å². The molecule has 1 rings (SSSR count). The van der Waals surface area contributed by atoms with E-state index >= 15 is 0 Å². The molecule has 0 aliphatic carbocycles. The predicted octanol–water partition coefficient (Wildman–Crippen LogP) is 3.10. The van der Waals surface area contributed by atoms with Crippen molar-refractivity contribution in [1.29, 1.82) is 0 Å². The molecule has 1 aromatic carbocycles. The third-order valence-corrected chi connectivity index (χ3v) is 5.15. The minimum absolute atomic E-state index is 0.518. The average molecular weight is 309 g/mol. The molecule has 0 saturated carbocycles. The van der Waals surface area contributed by atoms with Crippen molar-refractivity contribution in [3.63, 3.8) is 0 Å². The van der Waals surface area contributed by atoms with Gasteiger partial charge in [0.15, 0.2) is 0 Å². The van der Waals surface area contributed by atoms with E-state index in [1.165, 1.54) is 9.78 Å². The van der Waals surface area contributed by atoms with Crippen molar-refractivity contribution in [3.8, 4) is 0 Å². The zero-order valence-electron chi connectivity index (χ0n) is 10.8. The third kappa shape index (κ3) is 5.68. The maximum atomic E-state index is 10.4. The topological polar surface area (TPSA) is 20.2 Å². The van der Waals surface area contributed by atoms with Gasteiger partial charge in [0.05, 0.1) is 0 Å². The van der Waals surface area contributed by atoms with Crippen molar-refractivity contribution in [2.75, 3.05) is 0 Å². The van der Waals surface area contributed by atoms with Crippen molar-refractivity contribution in [2.45, 2.75) is 36.6 Å². The molecule has 0 radical (unpaired) electrons. The van der Waals surface area contributed by atoms with Crippen LogP contribution in [0.4, 0.5) is 0 Å². The molecule has 1 aromatic rings. The van der Waals surface area contributed by atoms with Crippen LogP contribution in [0.5, 0.6) is 0 Å². The molecule has 0 heterocycles. The van der Waals surface area contributed by atoms with Crippen LogP contribution in [0.3, 0.4) is 0 Å². The molecular weight excluding hydrogens is 287 g/mol. The molecule has 0 aromatic heterocycles. The summed E-state index contributed by atoms with van der Waals surface area (Å²) in [5.41, 5.74) is -0.629. The Balaban J connectivity index is 2.31. The van der Waals surface area contributed by atoms with Gasteiger partial charge < -0.3 is 0 Å². The van der Waals surface area contributed by atoms with Gasteiger partial charge in [0.1, 0.15) is 0 Å². The molecule has 0 bridgehead atoms. The second-order valence-corrected chi connectivity index (χ2v) is 6.93. The predicted molar refractivity (Wildman–Crippen MR) is 80.4 cm³/mol. The number of benzene rings is 1. The SMILES string of the molecule is C=CCC(O)(CC=C)CCC[Se]c1ccccc1. The molecule has 0 amide bonds. The molecule has 98 valence electrons. The molecule has 0 aliphatic rings. The number of rotatable bonds is 9. The van der Waals surface area contributed by atoms with E-state index in [9.17, 15) is 5.11 Å². The Hall–Kier alpha value is -0.821. The number of hydrogen-bond donors (Lipinski definition) is 1. The molecule has 2 heteroatoms. The van der Waals surface area contributed by atoms with Crippen LogP contribution < -0.4 is 4.46 Å². The van der Waals surface area contributed by atoms with Crippen LogP contribution in [-0.4, -0.2) is 25.7 Å². The molecule has 0 unspecified atom stereocenters. The summed E-state index contributed by atoms with van der Waals surface area (Å²) < 4.78 is 1.43. The third-order valence-electron chi connectivity index (χ3n) is 2.85. The van der Waals surface area contributed by atoms with Crippen LogP contribution in [-0.2, 0) is 0 Å². The summed E-state index contributed by atoms with van der Waals surface area (Å²) in [6.45, 7) is 7.43. The number of hydrogen-bond acceptors (Lipinski definition) is 1. The summed E-state index contributed by atoms with van der Waals surface area (Å²) in [6.07, 6.45) is 6.79. The molecule has 0 aliphatic heterocycles. The van der Waals surface area contributed by atoms with E-state index in [2.05, 4.69) is 37.4 Å². The Labute approximate surface area is 117 Å². The van der Waals surface area contributed by atoms with Crippen molar-refractivity contribution in [3.05, 3.63) is 55.6 Å². The van der Waals surface area contributed by atoms with Crippen molar-refractivity contribution in [1.82, 2.24) is 0 Å². The maximum absolute atomic E-state index is 10.4. The fraction of sp³-hybridized carbons (Fsp3) is 0.375. The zero-order chi connectivity index (χ0) is 13.3. The Bertz CT molecular complexity index is 349. The molecule has 1 N–H and O–H groups in total. The standard InChI is InChI=1S/C16H22OSe/c1-3-11-16(17,12-4-2)13-8-14-18-15-9-6-5-7-10-15/h3-7,9-10,17H,1-2,8,11-14H2. The Morgan fingerprint density at radius 3 is 2.28 bits per heavy atom. The minimum atomic E-state index is -0.629. The van der Waals surface area contributed by atoms with Gasteiger partial charge in [-0.2, -0.15) is 0 Å². The molecule has 18 heavy (non-hydrogen) atoms. The van der Waals surface area contributed by atoms with E-state index < -0.39 is 5.60 Å². The molecule has 0 spiro atoms. The first-order chi connectivity index (χ1) is 8.70. The van der Waals surface area contributed by atoms with Crippen molar-refractivity contribution >= 4 is 19.4 Å². The van der Waals surface area contributed by atoms with Gasteiger partial charge in [-0.3, -0.25) is 0 Å². The summed E-state index contributed by atoms with van der Waals surface area (Å²) in [6, 6.07) is 10.6. The summed E-state index contributed by atoms with van der Waals surface area (Å²) >= 11 is 0.518. The summed E-state index contributed by atoms with van der Waals surface area (Å²) in [7, 11) is 0. The van der Waals surface area contributed by atoms with Crippen LogP contribution in [0.1, 0.15) is 25.7 Å². The fourth-order valence-electron chi connectivity index (χ4n) is 1.93. The van der Waals surface area contributed by atoms with E-state index in [1.807, 2.05) is 6.07 Å². The summed E-state index contributed by atoms with van der Waals surface area (Å²) in [4.78, 5) is 0. The van der Waals surface area contributed by atoms with E-state index in [-0.39, 0.29) is 0 Å². The molecule has 0 saturated heterocycles. The number of aliphatic hydroxyl groups is 1. The monoisotopic (exact) mass is 310 g/mol. The first-order valence-corrected chi connectivity index (χ1v) is 8.39. The Morgan fingerprint density at radius 1 is 1.11 bits per heavy atom. The van der Waals surface area contributed by atoms with Crippen LogP contribution in [0.25, 0.3) is 0 Å². The van der Waals surface area contributed by atoms with Gasteiger partial charge >= 0.3 is 117 Å². The Kier molecular flexibility index (Phi) is 7.04. The first kappa shape index (κ1) is 15.2. The van der Waals surface area contributed by atoms with E-state index in [1.54, 1.807) is 12.2 Å². The average Bonchev–Trinajstić information content (AvgIpc) is 2.37. The van der Waals surface area contributed by atoms with Gasteiger partial charge in [0.25, 0.3) is 0 Å². The molecule has 1 nitrogen and oxygen atoms in total. The van der Waals surface area contributed by atoms with Crippen molar-refractivity contribution < 1.29 is 5.11 Å². The van der Waals surface area contributed by atoms with Gasteiger partial charge in [0, 0.05) is 0 Å².